The molecule has 1 aliphatic rings. The smallest absolute Gasteiger partial charge is 0.265 e. The molecule has 0 amide bonds. The summed E-state index contributed by atoms with van der Waals surface area (Å²) in [6.07, 6.45) is 0.535. The van der Waals surface area contributed by atoms with Gasteiger partial charge in [-0.15, -0.1) is 0 Å². The second-order valence-electron chi connectivity index (χ2n) is 10.5. The normalized spacial score (nSPS) is 13.7. The monoisotopic (exact) mass is 610 g/mol. The Kier molecular flexibility index (Phi) is 8.87. The lowest BCUT2D eigenvalue weighted by molar-refractivity contribution is 0.0957. The number of rotatable bonds is 11. The minimum Gasteiger partial charge on any atom is -0.493 e. The first-order valence-electron chi connectivity index (χ1n) is 14.2. The maximum atomic E-state index is 14.2. The van der Waals surface area contributed by atoms with Gasteiger partial charge in [-0.1, -0.05) is 78.4 Å². The zero-order valence-electron chi connectivity index (χ0n) is 25.1. The van der Waals surface area contributed by atoms with Crippen molar-refractivity contribution in [2.24, 2.45) is 0 Å². The Morgan fingerprint density at radius 3 is 2.23 bits per heavy atom. The van der Waals surface area contributed by atoms with Gasteiger partial charge in [0.05, 0.1) is 31.4 Å². The van der Waals surface area contributed by atoms with Gasteiger partial charge in [0.25, 0.3) is 10.0 Å². The van der Waals surface area contributed by atoms with Crippen LogP contribution < -0.4 is 14.8 Å². The standard InChI is InChI=1S/C35H34N2O6S/c1-23-14-16-27(24(2)20-23)29(38)22-37-34(35(39)26-10-6-5-7-11-26)33(28-12-8-9-13-32(28)44(37,40)41)36-19-18-25-15-17-30(42-3)31(21-25)43-4/h5-17,20-21,36H,18-19,22H2,1-4H3. The summed E-state index contributed by atoms with van der Waals surface area (Å²) >= 11 is 0. The summed E-state index contributed by atoms with van der Waals surface area (Å²) in [4.78, 5) is 27.9. The largest absolute Gasteiger partial charge is 0.493 e. The minimum absolute atomic E-state index is 0.0201. The first-order chi connectivity index (χ1) is 21.1. The lowest BCUT2D eigenvalue weighted by Crippen LogP contribution is -2.43. The van der Waals surface area contributed by atoms with Crippen molar-refractivity contribution in [2.45, 2.75) is 25.2 Å². The number of allylic oxidation sites excluding steroid dienone is 1. The lowest BCUT2D eigenvalue weighted by Gasteiger charge is -2.33. The molecule has 0 atom stereocenters. The van der Waals surface area contributed by atoms with Gasteiger partial charge >= 0.3 is 0 Å². The number of nitrogens with one attached hydrogen (secondary N) is 1. The second-order valence-corrected chi connectivity index (χ2v) is 12.4. The predicted molar refractivity (Wildman–Crippen MR) is 170 cm³/mol. The van der Waals surface area contributed by atoms with Crippen molar-refractivity contribution in [1.29, 1.82) is 0 Å². The van der Waals surface area contributed by atoms with Crippen molar-refractivity contribution in [2.75, 3.05) is 27.3 Å². The van der Waals surface area contributed by atoms with Crippen LogP contribution in [0, 0.1) is 13.8 Å². The lowest BCUT2D eigenvalue weighted by atomic mass is 10.00. The van der Waals surface area contributed by atoms with Crippen molar-refractivity contribution in [3.63, 3.8) is 0 Å². The number of hydrogen-bond acceptors (Lipinski definition) is 7. The number of carbonyl (C=O) groups is 2. The van der Waals surface area contributed by atoms with Gasteiger partial charge in [-0.2, -0.15) is 0 Å². The highest BCUT2D eigenvalue weighted by Crippen LogP contribution is 2.37. The number of ketones is 2. The van der Waals surface area contributed by atoms with E-state index in [1.807, 2.05) is 44.2 Å². The van der Waals surface area contributed by atoms with Crippen molar-refractivity contribution in [3.05, 3.63) is 130 Å². The molecule has 1 aliphatic heterocycles. The van der Waals surface area contributed by atoms with Crippen LogP contribution in [0.4, 0.5) is 0 Å². The quantitative estimate of drug-likeness (QED) is 0.221. The number of Topliss-reactive ketones (excluding diaryl/α,β-unsaturated/α-hetero) is 2. The fraction of sp³-hybridized carbons (Fsp3) is 0.200. The third-order valence-corrected chi connectivity index (χ3v) is 9.40. The number of hydrogen-bond donors (Lipinski definition) is 1. The van der Waals surface area contributed by atoms with E-state index in [9.17, 15) is 18.0 Å². The number of fused-ring (bicyclic) bond motifs is 1. The van der Waals surface area contributed by atoms with Gasteiger partial charge in [-0.25, -0.2) is 8.42 Å². The van der Waals surface area contributed by atoms with E-state index in [4.69, 9.17) is 9.47 Å². The number of aryl methyl sites for hydroxylation is 2. The zero-order valence-corrected chi connectivity index (χ0v) is 25.9. The number of benzene rings is 4. The molecule has 4 aromatic rings. The topological polar surface area (TPSA) is 102 Å². The van der Waals surface area contributed by atoms with Crippen molar-refractivity contribution >= 4 is 27.3 Å². The van der Waals surface area contributed by atoms with Crippen molar-refractivity contribution in [3.8, 4) is 11.5 Å². The molecule has 0 aliphatic carbocycles. The molecule has 8 nitrogen and oxygen atoms in total. The molecule has 4 aromatic carbocycles. The molecule has 0 fully saturated rings. The fourth-order valence-corrected chi connectivity index (χ4v) is 7.03. The molecule has 9 heteroatoms. The summed E-state index contributed by atoms with van der Waals surface area (Å²) in [5, 5.41) is 3.36. The van der Waals surface area contributed by atoms with Gasteiger partial charge in [0, 0.05) is 23.2 Å². The summed E-state index contributed by atoms with van der Waals surface area (Å²) < 4.78 is 40.1. The molecule has 44 heavy (non-hydrogen) atoms. The van der Waals surface area contributed by atoms with E-state index in [0.29, 0.717) is 46.9 Å². The van der Waals surface area contributed by atoms with E-state index in [0.717, 1.165) is 21.0 Å². The number of sulfonamides is 1. The van der Waals surface area contributed by atoms with Crippen LogP contribution >= 0.6 is 0 Å². The van der Waals surface area contributed by atoms with Gasteiger partial charge < -0.3 is 14.8 Å². The number of nitrogens with zero attached hydrogens (tertiary/aromatic N) is 1. The van der Waals surface area contributed by atoms with E-state index in [2.05, 4.69) is 5.32 Å². The number of ether oxygens (including phenoxy) is 2. The second kappa shape index (κ2) is 12.8. The summed E-state index contributed by atoms with van der Waals surface area (Å²) in [5.41, 5.74) is 4.00. The zero-order chi connectivity index (χ0) is 31.4. The molecule has 1 heterocycles. The van der Waals surface area contributed by atoms with Gasteiger partial charge in [-0.3, -0.25) is 13.9 Å². The maximum Gasteiger partial charge on any atom is 0.265 e. The first kappa shape index (κ1) is 30.6. The summed E-state index contributed by atoms with van der Waals surface area (Å²) in [6.45, 7) is 3.57. The van der Waals surface area contributed by atoms with Gasteiger partial charge in [0.1, 0.15) is 5.70 Å². The van der Waals surface area contributed by atoms with Crippen LogP contribution in [0.1, 0.15) is 43.0 Å². The molecule has 0 spiro atoms. The van der Waals surface area contributed by atoms with Crippen LogP contribution in [0.3, 0.4) is 0 Å². The molecular formula is C35H34N2O6S. The van der Waals surface area contributed by atoms with E-state index in [-0.39, 0.29) is 10.6 Å². The molecular weight excluding hydrogens is 576 g/mol. The molecule has 1 N–H and O–H groups in total. The maximum absolute atomic E-state index is 14.2. The Balaban J connectivity index is 1.60. The van der Waals surface area contributed by atoms with Crippen molar-refractivity contribution in [1.82, 2.24) is 9.62 Å². The molecule has 226 valence electrons. The highest BCUT2D eigenvalue weighted by molar-refractivity contribution is 7.89. The van der Waals surface area contributed by atoms with E-state index < -0.39 is 28.1 Å². The molecule has 0 aromatic heterocycles. The molecule has 0 unspecified atom stereocenters. The summed E-state index contributed by atoms with van der Waals surface area (Å²) in [7, 11) is -1.13. The Hall–Kier alpha value is -4.89. The minimum atomic E-state index is -4.27. The Bertz CT molecular complexity index is 1870. The average Bonchev–Trinajstić information content (AvgIpc) is 3.03. The predicted octanol–water partition coefficient (Wildman–Crippen LogP) is 5.59. The molecule has 0 saturated heterocycles. The highest BCUT2D eigenvalue weighted by atomic mass is 32.2. The molecule has 0 saturated carbocycles. The Labute approximate surface area is 258 Å². The Morgan fingerprint density at radius 1 is 0.818 bits per heavy atom. The summed E-state index contributed by atoms with van der Waals surface area (Å²) in [6, 6.07) is 26.0. The first-order valence-corrected chi connectivity index (χ1v) is 15.6. The average molecular weight is 611 g/mol. The van der Waals surface area contributed by atoms with E-state index >= 15 is 0 Å². The molecule has 0 bridgehead atoms. The van der Waals surface area contributed by atoms with Crippen LogP contribution in [-0.2, 0) is 16.4 Å². The van der Waals surface area contributed by atoms with Crippen LogP contribution in [0.2, 0.25) is 0 Å². The Morgan fingerprint density at radius 2 is 1.52 bits per heavy atom. The van der Waals surface area contributed by atoms with Crippen LogP contribution in [0.15, 0.2) is 102 Å². The van der Waals surface area contributed by atoms with E-state index in [1.165, 1.54) is 6.07 Å². The van der Waals surface area contributed by atoms with Crippen molar-refractivity contribution < 1.29 is 27.5 Å². The molecule has 0 radical (unpaired) electrons. The third-order valence-electron chi connectivity index (χ3n) is 7.59. The fourth-order valence-electron chi connectivity index (χ4n) is 5.40. The molecule has 5 rings (SSSR count). The third kappa shape index (κ3) is 5.96. The van der Waals surface area contributed by atoms with Gasteiger partial charge in [-0.05, 0) is 49.6 Å². The van der Waals surface area contributed by atoms with Crippen LogP contribution in [0.25, 0.3) is 5.70 Å². The highest BCUT2D eigenvalue weighted by Gasteiger charge is 2.41. The van der Waals surface area contributed by atoms with Gasteiger partial charge in [0.2, 0.25) is 5.78 Å². The van der Waals surface area contributed by atoms with Crippen LogP contribution in [0.5, 0.6) is 11.5 Å². The van der Waals surface area contributed by atoms with Gasteiger partial charge in [0.15, 0.2) is 17.3 Å². The number of carbonyl (C=O) groups excluding carboxylic acids is 2. The SMILES string of the molecule is COc1ccc(CCNC2=C(C(=O)c3ccccc3)N(CC(=O)c3ccc(C)cc3C)S(=O)(=O)c3ccccc32)cc1OC. The summed E-state index contributed by atoms with van der Waals surface area (Å²) in [5.74, 6) is 0.284. The number of methoxy groups -OCH3 is 2. The van der Waals surface area contributed by atoms with E-state index in [1.54, 1.807) is 68.8 Å². The van der Waals surface area contributed by atoms with Crippen LogP contribution in [-0.4, -0.2) is 51.6 Å².